The summed E-state index contributed by atoms with van der Waals surface area (Å²) in [6.07, 6.45) is 9.89. The van der Waals surface area contributed by atoms with E-state index in [1.807, 2.05) is 24.5 Å². The van der Waals surface area contributed by atoms with Crippen molar-refractivity contribution in [3.63, 3.8) is 0 Å². The van der Waals surface area contributed by atoms with Gasteiger partial charge in [-0.1, -0.05) is 153 Å². The van der Waals surface area contributed by atoms with Crippen LogP contribution in [0.1, 0.15) is 43.2 Å². The second kappa shape index (κ2) is 16.3. The van der Waals surface area contributed by atoms with E-state index in [0.717, 1.165) is 69.5 Å². The average molecular weight is 842 g/mol. The number of ether oxygens (including phenoxy) is 1. The number of fused-ring (bicyclic) bond motifs is 4. The highest BCUT2D eigenvalue weighted by atomic mass is 16.5. The SMILES string of the molecule is c1ccc(-c2cccc(-c3ccccc3)c2N2CN(c3cccc(Oc4ccc5c6ccccc6n(-c6cc(C7(c8ccccc8)CCCCC7)ccn6)c5c4)c3)c3ncccc32)cc1. The van der Waals surface area contributed by atoms with E-state index < -0.39 is 0 Å². The molecular formula is C59H47N5O. The fourth-order valence-corrected chi connectivity index (χ4v) is 10.6. The van der Waals surface area contributed by atoms with Crippen LogP contribution < -0.4 is 14.5 Å². The first-order valence-corrected chi connectivity index (χ1v) is 22.8. The molecule has 6 heteroatoms. The van der Waals surface area contributed by atoms with Gasteiger partial charge in [-0.2, -0.15) is 0 Å². The summed E-state index contributed by atoms with van der Waals surface area (Å²) in [5.41, 5.74) is 12.7. The zero-order valence-electron chi connectivity index (χ0n) is 36.1. The number of hydrogen-bond acceptors (Lipinski definition) is 5. The lowest BCUT2D eigenvalue weighted by Crippen LogP contribution is -2.30. The van der Waals surface area contributed by atoms with Crippen LogP contribution in [-0.4, -0.2) is 21.2 Å². The van der Waals surface area contributed by atoms with Crippen LogP contribution in [-0.2, 0) is 5.41 Å². The van der Waals surface area contributed by atoms with Crippen molar-refractivity contribution >= 4 is 44.7 Å². The lowest BCUT2D eigenvalue weighted by atomic mass is 9.65. The van der Waals surface area contributed by atoms with Crippen LogP contribution in [0.5, 0.6) is 11.5 Å². The van der Waals surface area contributed by atoms with Gasteiger partial charge in [-0.3, -0.25) is 4.57 Å². The summed E-state index contributed by atoms with van der Waals surface area (Å²) in [6, 6.07) is 71.3. The van der Waals surface area contributed by atoms with E-state index in [1.165, 1.54) is 58.0 Å². The first-order chi connectivity index (χ1) is 32.2. The quantitative estimate of drug-likeness (QED) is 0.145. The second-order valence-corrected chi connectivity index (χ2v) is 17.3. The van der Waals surface area contributed by atoms with Crippen molar-refractivity contribution in [2.75, 3.05) is 16.5 Å². The molecule has 1 fully saturated rings. The van der Waals surface area contributed by atoms with E-state index in [9.17, 15) is 0 Å². The number of rotatable bonds is 9. The summed E-state index contributed by atoms with van der Waals surface area (Å²) in [6.45, 7) is 0.573. The highest BCUT2D eigenvalue weighted by molar-refractivity contribution is 6.09. The summed E-state index contributed by atoms with van der Waals surface area (Å²) in [5.74, 6) is 3.32. The van der Waals surface area contributed by atoms with Gasteiger partial charge in [0.05, 0.1) is 22.4 Å². The van der Waals surface area contributed by atoms with Crippen molar-refractivity contribution in [2.45, 2.75) is 37.5 Å². The standard InChI is InChI=1S/C59H47N5O/c1-5-18-42(19-6-1)49-27-16-28-50(43-20-7-2-8-21-43)57(49)63-41-62(58-54(63)30-17-36-61-58)46-24-15-25-47(39-46)65-48-31-32-52-51-26-11-12-29-53(51)64(55(52)40-48)56-38-45(33-37-60-56)59(34-13-4-14-35-59)44-22-9-3-10-23-44/h1-3,5-12,15-33,36-40H,4,13-14,34-35,41H2. The number of benzene rings is 7. The third kappa shape index (κ3) is 6.81. The number of nitrogens with zero attached hydrogens (tertiary/aromatic N) is 5. The Kier molecular flexibility index (Phi) is 9.71. The lowest BCUT2D eigenvalue weighted by molar-refractivity contribution is 0.345. The molecule has 2 aliphatic rings. The summed E-state index contributed by atoms with van der Waals surface area (Å²) < 4.78 is 9.14. The van der Waals surface area contributed by atoms with Gasteiger partial charge < -0.3 is 14.5 Å². The lowest BCUT2D eigenvalue weighted by Gasteiger charge is -2.38. The van der Waals surface area contributed by atoms with Crippen LogP contribution in [0.25, 0.3) is 49.9 Å². The molecule has 0 unspecified atom stereocenters. The predicted octanol–water partition coefficient (Wildman–Crippen LogP) is 15.2. The van der Waals surface area contributed by atoms with Crippen molar-refractivity contribution < 1.29 is 4.74 Å². The van der Waals surface area contributed by atoms with Gasteiger partial charge in [0.2, 0.25) is 0 Å². The Bertz CT molecular complexity index is 3260. The number of hydrogen-bond donors (Lipinski definition) is 0. The van der Waals surface area contributed by atoms with Crippen molar-refractivity contribution in [1.82, 2.24) is 14.5 Å². The minimum Gasteiger partial charge on any atom is -0.457 e. The molecule has 10 aromatic rings. The summed E-state index contributed by atoms with van der Waals surface area (Å²) >= 11 is 0. The number of aromatic nitrogens is 3. The van der Waals surface area contributed by atoms with E-state index in [0.29, 0.717) is 6.67 Å². The number of pyridine rings is 2. The molecule has 12 rings (SSSR count). The Morgan fingerprint density at radius 1 is 0.462 bits per heavy atom. The molecule has 0 spiro atoms. The highest BCUT2D eigenvalue weighted by Crippen LogP contribution is 2.50. The topological polar surface area (TPSA) is 46.4 Å². The maximum atomic E-state index is 6.83. The molecule has 4 heterocycles. The van der Waals surface area contributed by atoms with Crippen LogP contribution in [0, 0.1) is 0 Å². The molecule has 1 aliphatic carbocycles. The zero-order chi connectivity index (χ0) is 43.2. The Labute approximate surface area is 379 Å². The van der Waals surface area contributed by atoms with E-state index in [4.69, 9.17) is 14.7 Å². The third-order valence-corrected chi connectivity index (χ3v) is 13.6. The number of para-hydroxylation sites is 2. The van der Waals surface area contributed by atoms with Crippen LogP contribution in [0.4, 0.5) is 22.9 Å². The van der Waals surface area contributed by atoms with Gasteiger partial charge >= 0.3 is 0 Å². The minimum absolute atomic E-state index is 0.0346. The van der Waals surface area contributed by atoms with Crippen LogP contribution in [0.15, 0.2) is 213 Å². The molecule has 65 heavy (non-hydrogen) atoms. The van der Waals surface area contributed by atoms with Gasteiger partial charge in [0, 0.05) is 57.5 Å². The molecule has 3 aromatic heterocycles. The van der Waals surface area contributed by atoms with Gasteiger partial charge in [-0.15, -0.1) is 0 Å². The highest BCUT2D eigenvalue weighted by Gasteiger charge is 2.36. The second-order valence-electron chi connectivity index (χ2n) is 17.3. The van der Waals surface area contributed by atoms with E-state index in [-0.39, 0.29) is 5.41 Å². The smallest absolute Gasteiger partial charge is 0.158 e. The first kappa shape index (κ1) is 38.7. The summed E-state index contributed by atoms with van der Waals surface area (Å²) in [7, 11) is 0. The molecule has 7 aromatic carbocycles. The molecule has 0 atom stereocenters. The molecule has 0 amide bonds. The van der Waals surface area contributed by atoms with E-state index in [2.05, 4.69) is 202 Å². The fourth-order valence-electron chi connectivity index (χ4n) is 10.6. The molecule has 0 saturated heterocycles. The van der Waals surface area contributed by atoms with Crippen molar-refractivity contribution in [3.05, 3.63) is 224 Å². The van der Waals surface area contributed by atoms with Gasteiger partial charge in [-0.25, -0.2) is 9.97 Å². The Morgan fingerprint density at radius 3 is 1.91 bits per heavy atom. The van der Waals surface area contributed by atoms with Gasteiger partial charge in [0.25, 0.3) is 0 Å². The monoisotopic (exact) mass is 841 g/mol. The molecule has 0 N–H and O–H groups in total. The maximum Gasteiger partial charge on any atom is 0.158 e. The summed E-state index contributed by atoms with van der Waals surface area (Å²) in [4.78, 5) is 14.8. The molecule has 6 nitrogen and oxygen atoms in total. The normalized spacial score (nSPS) is 14.5. The average Bonchev–Trinajstić information content (AvgIpc) is 3.93. The predicted molar refractivity (Wildman–Crippen MR) is 266 cm³/mol. The molecule has 1 aliphatic heterocycles. The van der Waals surface area contributed by atoms with Crippen molar-refractivity contribution in [3.8, 4) is 39.6 Å². The Hall–Kier alpha value is -7.96. The molecule has 0 bridgehead atoms. The third-order valence-electron chi connectivity index (χ3n) is 13.6. The Balaban J connectivity index is 0.912. The Morgan fingerprint density at radius 2 is 1.14 bits per heavy atom. The van der Waals surface area contributed by atoms with Crippen LogP contribution >= 0.6 is 0 Å². The van der Waals surface area contributed by atoms with Gasteiger partial charge in [-0.05, 0) is 89.7 Å². The largest absolute Gasteiger partial charge is 0.457 e. The van der Waals surface area contributed by atoms with E-state index in [1.54, 1.807) is 0 Å². The van der Waals surface area contributed by atoms with Crippen molar-refractivity contribution in [1.29, 1.82) is 0 Å². The molecule has 314 valence electrons. The maximum absolute atomic E-state index is 6.83. The first-order valence-electron chi connectivity index (χ1n) is 22.8. The number of anilines is 4. The van der Waals surface area contributed by atoms with Crippen LogP contribution in [0.2, 0.25) is 0 Å². The molecule has 0 radical (unpaired) electrons. The van der Waals surface area contributed by atoms with Gasteiger partial charge in [0.1, 0.15) is 24.0 Å². The fraction of sp³-hybridized carbons (Fsp3) is 0.119. The molecule has 1 saturated carbocycles. The summed E-state index contributed by atoms with van der Waals surface area (Å²) in [5, 5.41) is 2.35. The van der Waals surface area contributed by atoms with Gasteiger partial charge in [0.15, 0.2) is 5.82 Å². The minimum atomic E-state index is -0.0346. The zero-order valence-corrected chi connectivity index (χ0v) is 36.1. The van der Waals surface area contributed by atoms with Crippen molar-refractivity contribution in [2.24, 2.45) is 0 Å². The van der Waals surface area contributed by atoms with E-state index >= 15 is 0 Å². The van der Waals surface area contributed by atoms with Crippen LogP contribution in [0.3, 0.4) is 0 Å². The molecular weight excluding hydrogens is 795 g/mol.